The van der Waals surface area contributed by atoms with Crippen molar-refractivity contribution in [2.24, 2.45) is 0 Å². The Morgan fingerprint density at radius 3 is 2.48 bits per heavy atom. The predicted molar refractivity (Wildman–Crippen MR) is 91.0 cm³/mol. The number of rotatable bonds is 2. The highest BCUT2D eigenvalue weighted by Crippen LogP contribution is 2.36. The molecule has 0 fully saturated rings. The van der Waals surface area contributed by atoms with Gasteiger partial charge in [-0.05, 0) is 30.3 Å². The summed E-state index contributed by atoms with van der Waals surface area (Å²) in [4.78, 5) is 4.73. The SMILES string of the molecule is Fc1ccc(-c2c(-c3ccccc3)nc3ccccn23)c(Cl)c1. The predicted octanol–water partition coefficient (Wildman–Crippen LogP) is 5.46. The number of hydrogen-bond donors (Lipinski definition) is 0. The number of benzene rings is 2. The van der Waals surface area contributed by atoms with Crippen LogP contribution in [0, 0.1) is 5.82 Å². The minimum Gasteiger partial charge on any atom is -0.299 e. The molecule has 0 saturated carbocycles. The van der Waals surface area contributed by atoms with Crippen molar-refractivity contribution in [2.75, 3.05) is 0 Å². The quantitative estimate of drug-likeness (QED) is 0.479. The van der Waals surface area contributed by atoms with Crippen LogP contribution in [0.25, 0.3) is 28.2 Å². The lowest BCUT2D eigenvalue weighted by Gasteiger charge is -2.08. The molecule has 0 atom stereocenters. The van der Waals surface area contributed by atoms with E-state index in [0.29, 0.717) is 5.02 Å². The molecule has 2 aromatic heterocycles. The molecule has 0 radical (unpaired) electrons. The van der Waals surface area contributed by atoms with Crippen molar-refractivity contribution in [2.45, 2.75) is 0 Å². The second-order valence-corrected chi connectivity index (χ2v) is 5.64. The summed E-state index contributed by atoms with van der Waals surface area (Å²) < 4.78 is 15.4. The van der Waals surface area contributed by atoms with E-state index in [2.05, 4.69) is 0 Å². The highest BCUT2D eigenvalue weighted by Gasteiger charge is 2.17. The van der Waals surface area contributed by atoms with E-state index in [1.807, 2.05) is 59.1 Å². The zero-order valence-corrected chi connectivity index (χ0v) is 12.8. The topological polar surface area (TPSA) is 17.3 Å². The molecule has 2 nitrogen and oxygen atoms in total. The minimum atomic E-state index is -0.353. The van der Waals surface area contributed by atoms with Crippen molar-refractivity contribution in [3.8, 4) is 22.5 Å². The molecule has 4 rings (SSSR count). The summed E-state index contributed by atoms with van der Waals surface area (Å²) in [5.74, 6) is -0.353. The number of aromatic nitrogens is 2. The standard InChI is InChI=1S/C19H12ClFN2/c20-16-12-14(21)9-10-15(16)19-18(13-6-2-1-3-7-13)22-17-8-4-5-11-23(17)19/h1-12H. The molecule has 2 aromatic carbocycles. The maximum Gasteiger partial charge on any atom is 0.137 e. The summed E-state index contributed by atoms with van der Waals surface area (Å²) in [5.41, 5.74) is 4.25. The van der Waals surface area contributed by atoms with E-state index in [4.69, 9.17) is 16.6 Å². The van der Waals surface area contributed by atoms with Gasteiger partial charge in [0.25, 0.3) is 0 Å². The van der Waals surface area contributed by atoms with Crippen LogP contribution >= 0.6 is 11.6 Å². The Morgan fingerprint density at radius 2 is 1.70 bits per heavy atom. The van der Waals surface area contributed by atoms with Crippen LogP contribution in [0.3, 0.4) is 0 Å². The van der Waals surface area contributed by atoms with E-state index < -0.39 is 0 Å². The Morgan fingerprint density at radius 1 is 0.913 bits per heavy atom. The Labute approximate surface area is 137 Å². The van der Waals surface area contributed by atoms with Gasteiger partial charge in [-0.25, -0.2) is 9.37 Å². The number of pyridine rings is 1. The van der Waals surface area contributed by atoms with Gasteiger partial charge in [0.05, 0.1) is 16.4 Å². The molecule has 4 aromatic rings. The lowest BCUT2D eigenvalue weighted by molar-refractivity contribution is 0.628. The number of halogens is 2. The average molecular weight is 323 g/mol. The summed E-state index contributed by atoms with van der Waals surface area (Å²) >= 11 is 6.30. The molecule has 112 valence electrons. The molecule has 0 bridgehead atoms. The largest absolute Gasteiger partial charge is 0.299 e. The Hall–Kier alpha value is -2.65. The molecule has 0 spiro atoms. The van der Waals surface area contributed by atoms with Gasteiger partial charge < -0.3 is 0 Å². The molecule has 0 aliphatic heterocycles. The van der Waals surface area contributed by atoms with Gasteiger partial charge in [0, 0.05) is 17.3 Å². The zero-order chi connectivity index (χ0) is 15.8. The van der Waals surface area contributed by atoms with Crippen LogP contribution in [0.5, 0.6) is 0 Å². The Balaban J connectivity index is 2.08. The maximum atomic E-state index is 13.4. The van der Waals surface area contributed by atoms with Gasteiger partial charge >= 0.3 is 0 Å². The fraction of sp³-hybridized carbons (Fsp3) is 0. The number of hydrogen-bond acceptors (Lipinski definition) is 1. The Bertz CT molecular complexity index is 993. The first-order chi connectivity index (χ1) is 11.2. The van der Waals surface area contributed by atoms with Crippen LogP contribution in [-0.4, -0.2) is 9.38 Å². The average Bonchev–Trinajstić information content (AvgIpc) is 2.95. The summed E-state index contributed by atoms with van der Waals surface area (Å²) in [5, 5.41) is 0.368. The molecule has 0 aliphatic rings. The van der Waals surface area contributed by atoms with Gasteiger partial charge in [0.15, 0.2) is 0 Å². The molecular weight excluding hydrogens is 311 g/mol. The molecule has 0 unspecified atom stereocenters. The number of fused-ring (bicyclic) bond motifs is 1. The van der Waals surface area contributed by atoms with Crippen molar-refractivity contribution in [3.63, 3.8) is 0 Å². The summed E-state index contributed by atoms with van der Waals surface area (Å²) in [6.45, 7) is 0. The van der Waals surface area contributed by atoms with Crippen LogP contribution in [0.4, 0.5) is 4.39 Å². The molecule has 0 aliphatic carbocycles. The molecule has 0 amide bonds. The van der Waals surface area contributed by atoms with Crippen LogP contribution < -0.4 is 0 Å². The lowest BCUT2D eigenvalue weighted by atomic mass is 10.0. The van der Waals surface area contributed by atoms with Gasteiger partial charge in [0.2, 0.25) is 0 Å². The van der Waals surface area contributed by atoms with Gasteiger partial charge in [-0.15, -0.1) is 0 Å². The van der Waals surface area contributed by atoms with Crippen LogP contribution in [-0.2, 0) is 0 Å². The second-order valence-electron chi connectivity index (χ2n) is 5.23. The first-order valence-electron chi connectivity index (χ1n) is 7.22. The Kier molecular flexibility index (Phi) is 3.36. The van der Waals surface area contributed by atoms with E-state index in [-0.39, 0.29) is 5.82 Å². The first-order valence-corrected chi connectivity index (χ1v) is 7.60. The molecule has 0 N–H and O–H groups in total. The van der Waals surface area contributed by atoms with Gasteiger partial charge in [0.1, 0.15) is 11.5 Å². The summed E-state index contributed by atoms with van der Waals surface area (Å²) in [6.07, 6.45) is 1.93. The summed E-state index contributed by atoms with van der Waals surface area (Å²) in [6, 6.07) is 20.2. The normalized spacial score (nSPS) is 11.0. The van der Waals surface area contributed by atoms with E-state index in [0.717, 1.165) is 28.2 Å². The van der Waals surface area contributed by atoms with E-state index in [9.17, 15) is 4.39 Å². The fourth-order valence-electron chi connectivity index (χ4n) is 2.73. The van der Waals surface area contributed by atoms with Crippen molar-refractivity contribution < 1.29 is 4.39 Å². The monoisotopic (exact) mass is 322 g/mol. The van der Waals surface area contributed by atoms with Crippen molar-refractivity contribution in [1.82, 2.24) is 9.38 Å². The van der Waals surface area contributed by atoms with E-state index in [1.54, 1.807) is 6.07 Å². The molecular formula is C19H12ClFN2. The second kappa shape index (κ2) is 5.52. The number of imidazole rings is 1. The van der Waals surface area contributed by atoms with E-state index in [1.165, 1.54) is 12.1 Å². The third-order valence-corrected chi connectivity index (χ3v) is 4.08. The van der Waals surface area contributed by atoms with Gasteiger partial charge in [-0.3, -0.25) is 4.40 Å². The van der Waals surface area contributed by atoms with Crippen LogP contribution in [0.2, 0.25) is 5.02 Å². The highest BCUT2D eigenvalue weighted by molar-refractivity contribution is 6.33. The molecule has 2 heterocycles. The third-order valence-electron chi connectivity index (χ3n) is 3.76. The maximum absolute atomic E-state index is 13.4. The van der Waals surface area contributed by atoms with Crippen molar-refractivity contribution in [1.29, 1.82) is 0 Å². The zero-order valence-electron chi connectivity index (χ0n) is 12.1. The summed E-state index contributed by atoms with van der Waals surface area (Å²) in [7, 11) is 0. The number of nitrogens with zero attached hydrogens (tertiary/aromatic N) is 2. The fourth-order valence-corrected chi connectivity index (χ4v) is 2.99. The smallest absolute Gasteiger partial charge is 0.137 e. The minimum absolute atomic E-state index is 0.353. The molecule has 0 saturated heterocycles. The molecule has 23 heavy (non-hydrogen) atoms. The third kappa shape index (κ3) is 2.39. The lowest BCUT2D eigenvalue weighted by Crippen LogP contribution is -1.91. The first kappa shape index (κ1) is 14.0. The van der Waals surface area contributed by atoms with Crippen molar-refractivity contribution in [3.05, 3.63) is 83.8 Å². The van der Waals surface area contributed by atoms with Crippen LogP contribution in [0.15, 0.2) is 72.9 Å². The van der Waals surface area contributed by atoms with E-state index >= 15 is 0 Å². The highest BCUT2D eigenvalue weighted by atomic mass is 35.5. The van der Waals surface area contributed by atoms with Gasteiger partial charge in [-0.2, -0.15) is 0 Å². The molecule has 4 heteroatoms. The van der Waals surface area contributed by atoms with Crippen LogP contribution in [0.1, 0.15) is 0 Å². The van der Waals surface area contributed by atoms with Crippen molar-refractivity contribution >= 4 is 17.2 Å². The van der Waals surface area contributed by atoms with Gasteiger partial charge in [-0.1, -0.05) is 48.0 Å².